The maximum absolute atomic E-state index is 12.5. The van der Waals surface area contributed by atoms with Crippen LogP contribution in [0.1, 0.15) is 16.7 Å². The standard InChI is InChI=1S/C23H19NO2/c1-15-7-9-20-18(11-15)23(26)14-21(24-20)19-13-17(8-10-22(19)25)12-16-5-3-2-4-6-16/h2-11,13-14,25H,12H2,1H3,(H,24,26). The summed E-state index contributed by atoms with van der Waals surface area (Å²) < 4.78 is 0. The maximum Gasteiger partial charge on any atom is 0.190 e. The van der Waals surface area contributed by atoms with Crippen molar-refractivity contribution in [3.05, 3.63) is 99.7 Å². The Bertz CT molecular complexity index is 1140. The number of H-pyrrole nitrogens is 1. The molecule has 26 heavy (non-hydrogen) atoms. The zero-order valence-corrected chi connectivity index (χ0v) is 14.5. The quantitative estimate of drug-likeness (QED) is 0.562. The van der Waals surface area contributed by atoms with E-state index in [1.165, 1.54) is 5.56 Å². The lowest BCUT2D eigenvalue weighted by Crippen LogP contribution is -2.03. The van der Waals surface area contributed by atoms with Gasteiger partial charge in [0.25, 0.3) is 0 Å². The van der Waals surface area contributed by atoms with Crippen molar-refractivity contribution in [2.75, 3.05) is 0 Å². The molecule has 0 atom stereocenters. The van der Waals surface area contributed by atoms with E-state index in [0.717, 1.165) is 23.1 Å². The normalized spacial score (nSPS) is 11.0. The number of aromatic hydroxyl groups is 1. The lowest BCUT2D eigenvalue weighted by Gasteiger charge is -2.10. The Morgan fingerprint density at radius 2 is 1.69 bits per heavy atom. The fraction of sp³-hybridized carbons (Fsp3) is 0.0870. The van der Waals surface area contributed by atoms with E-state index in [2.05, 4.69) is 17.1 Å². The summed E-state index contributed by atoms with van der Waals surface area (Å²) in [6, 6.07) is 23.0. The van der Waals surface area contributed by atoms with Gasteiger partial charge in [0.15, 0.2) is 5.43 Å². The molecule has 0 saturated carbocycles. The molecule has 0 fully saturated rings. The number of aromatic nitrogens is 1. The molecule has 3 heteroatoms. The fourth-order valence-electron chi connectivity index (χ4n) is 3.25. The predicted molar refractivity (Wildman–Crippen MR) is 106 cm³/mol. The summed E-state index contributed by atoms with van der Waals surface area (Å²) >= 11 is 0. The third-order valence-corrected chi connectivity index (χ3v) is 4.59. The van der Waals surface area contributed by atoms with Gasteiger partial charge in [-0.1, -0.05) is 48.0 Å². The minimum atomic E-state index is -0.0506. The van der Waals surface area contributed by atoms with Crippen LogP contribution in [0, 0.1) is 6.92 Å². The first-order valence-electron chi connectivity index (χ1n) is 8.60. The minimum Gasteiger partial charge on any atom is -0.507 e. The zero-order chi connectivity index (χ0) is 18.1. The van der Waals surface area contributed by atoms with Crippen LogP contribution in [-0.2, 0) is 6.42 Å². The van der Waals surface area contributed by atoms with Crippen molar-refractivity contribution in [2.24, 2.45) is 0 Å². The van der Waals surface area contributed by atoms with Gasteiger partial charge in [-0.3, -0.25) is 4.79 Å². The van der Waals surface area contributed by atoms with Crippen LogP contribution < -0.4 is 5.43 Å². The van der Waals surface area contributed by atoms with Crippen LogP contribution in [0.25, 0.3) is 22.2 Å². The number of pyridine rings is 1. The second-order valence-corrected chi connectivity index (χ2v) is 6.61. The summed E-state index contributed by atoms with van der Waals surface area (Å²) in [5.41, 5.74) is 5.30. The van der Waals surface area contributed by atoms with Crippen LogP contribution in [0.15, 0.2) is 77.6 Å². The molecule has 0 spiro atoms. The molecule has 0 bridgehead atoms. The van der Waals surface area contributed by atoms with Crippen molar-refractivity contribution >= 4 is 10.9 Å². The summed E-state index contributed by atoms with van der Waals surface area (Å²) in [6.45, 7) is 1.96. The molecule has 3 nitrogen and oxygen atoms in total. The van der Waals surface area contributed by atoms with Crippen molar-refractivity contribution in [3.63, 3.8) is 0 Å². The Morgan fingerprint density at radius 1 is 0.885 bits per heavy atom. The van der Waals surface area contributed by atoms with Crippen LogP contribution >= 0.6 is 0 Å². The highest BCUT2D eigenvalue weighted by Crippen LogP contribution is 2.30. The van der Waals surface area contributed by atoms with E-state index < -0.39 is 0 Å². The van der Waals surface area contributed by atoms with Gasteiger partial charge in [0.2, 0.25) is 0 Å². The second kappa shape index (κ2) is 6.52. The number of aryl methyl sites for hydroxylation is 1. The van der Waals surface area contributed by atoms with Crippen molar-refractivity contribution in [2.45, 2.75) is 13.3 Å². The molecule has 2 N–H and O–H groups in total. The monoisotopic (exact) mass is 341 g/mol. The molecule has 4 aromatic rings. The van der Waals surface area contributed by atoms with Gasteiger partial charge in [-0.05, 0) is 48.7 Å². The average Bonchev–Trinajstić information content (AvgIpc) is 2.64. The van der Waals surface area contributed by atoms with Crippen LogP contribution in [0.5, 0.6) is 5.75 Å². The molecular weight excluding hydrogens is 322 g/mol. The molecular formula is C23H19NO2. The van der Waals surface area contributed by atoms with Crippen LogP contribution in [0.3, 0.4) is 0 Å². The number of phenols is 1. The van der Waals surface area contributed by atoms with Gasteiger partial charge in [-0.15, -0.1) is 0 Å². The predicted octanol–water partition coefficient (Wildman–Crippen LogP) is 4.80. The molecule has 0 radical (unpaired) electrons. The number of phenolic OH excluding ortho intramolecular Hbond substituents is 1. The van der Waals surface area contributed by atoms with Gasteiger partial charge in [0.05, 0.1) is 5.69 Å². The molecule has 0 unspecified atom stereocenters. The van der Waals surface area contributed by atoms with Gasteiger partial charge < -0.3 is 10.1 Å². The summed E-state index contributed by atoms with van der Waals surface area (Å²) in [7, 11) is 0. The Balaban J connectivity index is 1.80. The Morgan fingerprint density at radius 3 is 2.50 bits per heavy atom. The van der Waals surface area contributed by atoms with Crippen molar-refractivity contribution < 1.29 is 5.11 Å². The number of hydrogen-bond donors (Lipinski definition) is 2. The number of hydrogen-bond acceptors (Lipinski definition) is 2. The topological polar surface area (TPSA) is 53.1 Å². The molecule has 3 aromatic carbocycles. The largest absolute Gasteiger partial charge is 0.507 e. The van der Waals surface area contributed by atoms with E-state index in [1.807, 2.05) is 55.5 Å². The summed E-state index contributed by atoms with van der Waals surface area (Å²) in [5, 5.41) is 11.0. The molecule has 4 rings (SSSR count). The molecule has 0 aliphatic rings. The number of aromatic amines is 1. The smallest absolute Gasteiger partial charge is 0.190 e. The Hall–Kier alpha value is -3.33. The molecule has 128 valence electrons. The molecule has 0 aliphatic heterocycles. The highest BCUT2D eigenvalue weighted by Gasteiger charge is 2.10. The number of nitrogens with one attached hydrogen (secondary N) is 1. The van der Waals surface area contributed by atoms with Crippen molar-refractivity contribution in [3.8, 4) is 17.0 Å². The molecule has 0 aliphatic carbocycles. The van der Waals surface area contributed by atoms with E-state index in [-0.39, 0.29) is 11.2 Å². The Labute approximate surface area is 151 Å². The highest BCUT2D eigenvalue weighted by atomic mass is 16.3. The third kappa shape index (κ3) is 3.11. The minimum absolute atomic E-state index is 0.0506. The van der Waals surface area contributed by atoms with Gasteiger partial charge in [0.1, 0.15) is 5.75 Å². The first kappa shape index (κ1) is 16.2. The number of benzene rings is 3. The molecule has 1 heterocycles. The Kier molecular flexibility index (Phi) is 4.05. The lowest BCUT2D eigenvalue weighted by atomic mass is 10.00. The van der Waals surface area contributed by atoms with E-state index >= 15 is 0 Å². The molecule has 0 amide bonds. The SMILES string of the molecule is Cc1ccc2[nH]c(-c3cc(Cc4ccccc4)ccc3O)cc(=O)c2c1. The zero-order valence-electron chi connectivity index (χ0n) is 14.5. The van der Waals surface area contributed by atoms with E-state index in [4.69, 9.17) is 0 Å². The molecule has 0 saturated heterocycles. The summed E-state index contributed by atoms with van der Waals surface area (Å²) in [4.78, 5) is 15.8. The molecule has 1 aromatic heterocycles. The van der Waals surface area contributed by atoms with E-state index in [1.54, 1.807) is 12.1 Å². The van der Waals surface area contributed by atoms with Gasteiger partial charge in [0, 0.05) is 22.5 Å². The third-order valence-electron chi connectivity index (χ3n) is 4.59. The lowest BCUT2D eigenvalue weighted by molar-refractivity contribution is 0.477. The van der Waals surface area contributed by atoms with Gasteiger partial charge >= 0.3 is 0 Å². The number of fused-ring (bicyclic) bond motifs is 1. The summed E-state index contributed by atoms with van der Waals surface area (Å²) in [5.74, 6) is 0.156. The highest BCUT2D eigenvalue weighted by molar-refractivity contribution is 5.83. The van der Waals surface area contributed by atoms with E-state index in [0.29, 0.717) is 16.6 Å². The fourth-order valence-corrected chi connectivity index (χ4v) is 3.25. The first-order chi connectivity index (χ1) is 12.6. The van der Waals surface area contributed by atoms with Crippen LogP contribution in [-0.4, -0.2) is 10.1 Å². The van der Waals surface area contributed by atoms with Crippen LogP contribution in [0.2, 0.25) is 0 Å². The summed E-state index contributed by atoms with van der Waals surface area (Å²) in [6.07, 6.45) is 0.769. The van der Waals surface area contributed by atoms with E-state index in [9.17, 15) is 9.90 Å². The van der Waals surface area contributed by atoms with Crippen molar-refractivity contribution in [1.29, 1.82) is 0 Å². The van der Waals surface area contributed by atoms with Crippen molar-refractivity contribution in [1.82, 2.24) is 4.98 Å². The number of rotatable bonds is 3. The maximum atomic E-state index is 12.5. The van der Waals surface area contributed by atoms with Gasteiger partial charge in [-0.25, -0.2) is 0 Å². The van der Waals surface area contributed by atoms with Gasteiger partial charge in [-0.2, -0.15) is 0 Å². The first-order valence-corrected chi connectivity index (χ1v) is 8.60. The van der Waals surface area contributed by atoms with Crippen LogP contribution in [0.4, 0.5) is 0 Å². The average molecular weight is 341 g/mol. The second-order valence-electron chi connectivity index (χ2n) is 6.61.